The lowest BCUT2D eigenvalue weighted by molar-refractivity contribution is -0.119. The molecule has 0 fully saturated rings. The average molecular weight is 475 g/mol. The molecule has 0 aromatic heterocycles. The third-order valence-corrected chi connectivity index (χ3v) is 5.76. The van der Waals surface area contributed by atoms with Gasteiger partial charge in [-0.1, -0.05) is 41.9 Å². The van der Waals surface area contributed by atoms with Crippen LogP contribution < -0.4 is 19.1 Å². The maximum atomic E-state index is 12.3. The molecule has 0 heterocycles. The summed E-state index contributed by atoms with van der Waals surface area (Å²) in [5, 5.41) is 3.12. The lowest BCUT2D eigenvalue weighted by Crippen LogP contribution is -2.41. The van der Waals surface area contributed by atoms with Crippen LogP contribution in [0.2, 0.25) is 5.02 Å². The molecule has 0 unspecified atom stereocenters. The highest BCUT2D eigenvalue weighted by Crippen LogP contribution is 2.25. The third-order valence-electron chi connectivity index (χ3n) is 4.31. The number of amides is 1. The Bertz CT molecular complexity index is 1140. The monoisotopic (exact) mass is 474 g/mol. The molecule has 1 N–H and O–H groups in total. The quantitative estimate of drug-likeness (QED) is 0.447. The highest BCUT2D eigenvalue weighted by atomic mass is 35.5. The lowest BCUT2D eigenvalue weighted by Gasteiger charge is -2.22. The first-order valence-corrected chi connectivity index (χ1v) is 12.0. The number of rotatable bonds is 10. The molecule has 32 heavy (non-hydrogen) atoms. The van der Waals surface area contributed by atoms with E-state index >= 15 is 0 Å². The highest BCUT2D eigenvalue weighted by Gasteiger charge is 2.20. The zero-order valence-electron chi connectivity index (χ0n) is 17.4. The molecule has 3 rings (SSSR count). The number of benzene rings is 3. The van der Waals surface area contributed by atoms with Crippen LogP contribution in [-0.2, 0) is 14.8 Å². The summed E-state index contributed by atoms with van der Waals surface area (Å²) in [6, 6.07) is 22.7. The number of nitrogens with zero attached hydrogens (tertiary/aromatic N) is 1. The minimum atomic E-state index is -3.68. The van der Waals surface area contributed by atoms with Crippen molar-refractivity contribution in [1.29, 1.82) is 0 Å². The summed E-state index contributed by atoms with van der Waals surface area (Å²) in [6.07, 6.45) is 1.05. The minimum absolute atomic E-state index is 0.194. The maximum Gasteiger partial charge on any atom is 0.240 e. The van der Waals surface area contributed by atoms with Crippen molar-refractivity contribution in [3.8, 4) is 17.2 Å². The fraction of sp³-hybridized carbons (Fsp3) is 0.174. The first kappa shape index (κ1) is 23.4. The van der Waals surface area contributed by atoms with Crippen molar-refractivity contribution in [2.24, 2.45) is 0 Å². The largest absolute Gasteiger partial charge is 0.490 e. The SMILES string of the molecule is CS(=O)(=O)N(CC(=O)NCCOc1ccccc1Cl)c1ccc(Oc2ccccc2)cc1. The van der Waals surface area contributed by atoms with E-state index in [2.05, 4.69) is 5.32 Å². The Morgan fingerprint density at radius 2 is 1.56 bits per heavy atom. The summed E-state index contributed by atoms with van der Waals surface area (Å²) < 4.78 is 36.8. The second-order valence-electron chi connectivity index (χ2n) is 6.81. The van der Waals surface area contributed by atoms with Gasteiger partial charge in [0.15, 0.2) is 0 Å². The van der Waals surface area contributed by atoms with Crippen molar-refractivity contribution >= 4 is 33.2 Å². The van der Waals surface area contributed by atoms with E-state index in [4.69, 9.17) is 21.1 Å². The van der Waals surface area contributed by atoms with Gasteiger partial charge < -0.3 is 14.8 Å². The number of carbonyl (C=O) groups is 1. The van der Waals surface area contributed by atoms with Gasteiger partial charge in [0.2, 0.25) is 15.9 Å². The molecule has 0 aliphatic heterocycles. The number of ether oxygens (including phenoxy) is 2. The standard InChI is InChI=1S/C23H23ClN2O5S/c1-32(28,29)26(17-23(27)25-15-16-30-22-10-6-5-9-21(22)24)18-11-13-20(14-12-18)31-19-7-3-2-4-8-19/h2-14H,15-17H2,1H3,(H,25,27). The molecule has 0 bridgehead atoms. The van der Waals surface area contributed by atoms with Crippen LogP contribution >= 0.6 is 11.6 Å². The number of para-hydroxylation sites is 2. The Balaban J connectivity index is 1.56. The van der Waals surface area contributed by atoms with Crippen LogP contribution in [0.15, 0.2) is 78.9 Å². The first-order chi connectivity index (χ1) is 15.3. The van der Waals surface area contributed by atoms with Crippen molar-refractivity contribution in [1.82, 2.24) is 5.32 Å². The second kappa shape index (κ2) is 10.9. The van der Waals surface area contributed by atoms with E-state index in [-0.39, 0.29) is 19.7 Å². The van der Waals surface area contributed by atoms with Crippen molar-refractivity contribution in [3.63, 3.8) is 0 Å². The van der Waals surface area contributed by atoms with Crippen LogP contribution in [0.4, 0.5) is 5.69 Å². The Morgan fingerprint density at radius 1 is 0.938 bits per heavy atom. The normalized spacial score (nSPS) is 10.9. The van der Waals surface area contributed by atoms with Crippen LogP contribution in [-0.4, -0.2) is 40.3 Å². The molecule has 0 atom stereocenters. The van der Waals surface area contributed by atoms with Crippen molar-refractivity contribution in [2.45, 2.75) is 0 Å². The molecule has 7 nitrogen and oxygen atoms in total. The number of anilines is 1. The molecule has 1 amide bonds. The van der Waals surface area contributed by atoms with Gasteiger partial charge in [-0.3, -0.25) is 9.10 Å². The topological polar surface area (TPSA) is 84.9 Å². The molecular weight excluding hydrogens is 452 g/mol. The van der Waals surface area contributed by atoms with Crippen LogP contribution in [0, 0.1) is 0 Å². The molecule has 0 aliphatic carbocycles. The van der Waals surface area contributed by atoms with Crippen LogP contribution in [0.3, 0.4) is 0 Å². The van der Waals surface area contributed by atoms with Gasteiger partial charge in [0, 0.05) is 0 Å². The molecule has 0 spiro atoms. The second-order valence-corrected chi connectivity index (χ2v) is 9.12. The number of carbonyl (C=O) groups excluding carboxylic acids is 1. The van der Waals surface area contributed by atoms with E-state index in [0.717, 1.165) is 10.6 Å². The first-order valence-electron chi connectivity index (χ1n) is 9.77. The summed E-state index contributed by atoms with van der Waals surface area (Å²) in [5.74, 6) is 1.27. The smallest absolute Gasteiger partial charge is 0.240 e. The highest BCUT2D eigenvalue weighted by molar-refractivity contribution is 7.92. The van der Waals surface area contributed by atoms with Gasteiger partial charge in [0.1, 0.15) is 30.4 Å². The van der Waals surface area contributed by atoms with Gasteiger partial charge in [-0.2, -0.15) is 0 Å². The molecule has 0 radical (unpaired) electrons. The molecule has 0 aliphatic rings. The van der Waals surface area contributed by atoms with Gasteiger partial charge in [-0.15, -0.1) is 0 Å². The summed E-state index contributed by atoms with van der Waals surface area (Å²) in [6.45, 7) is 0.0369. The van der Waals surface area contributed by atoms with Gasteiger partial charge in [-0.25, -0.2) is 8.42 Å². The van der Waals surface area contributed by atoms with E-state index in [0.29, 0.717) is 28.0 Å². The zero-order chi connectivity index (χ0) is 23.0. The van der Waals surface area contributed by atoms with E-state index in [1.807, 2.05) is 30.3 Å². The third kappa shape index (κ3) is 6.90. The Hall–Kier alpha value is -3.23. The summed E-state index contributed by atoms with van der Waals surface area (Å²) in [7, 11) is -3.68. The van der Waals surface area contributed by atoms with E-state index < -0.39 is 15.9 Å². The molecule has 3 aromatic rings. The molecule has 168 valence electrons. The Morgan fingerprint density at radius 3 is 2.22 bits per heavy atom. The van der Waals surface area contributed by atoms with Crippen LogP contribution in [0.25, 0.3) is 0 Å². The average Bonchev–Trinajstić information content (AvgIpc) is 2.77. The summed E-state index contributed by atoms with van der Waals surface area (Å²) >= 11 is 6.01. The predicted octanol–water partition coefficient (Wildman–Crippen LogP) is 4.09. The Labute approximate surface area is 192 Å². The van der Waals surface area contributed by atoms with Crippen LogP contribution in [0.5, 0.6) is 17.2 Å². The van der Waals surface area contributed by atoms with Crippen molar-refractivity contribution in [3.05, 3.63) is 83.9 Å². The molecule has 0 saturated heterocycles. The van der Waals surface area contributed by atoms with E-state index in [1.165, 1.54) is 0 Å². The van der Waals surface area contributed by atoms with Gasteiger partial charge >= 0.3 is 0 Å². The van der Waals surface area contributed by atoms with Gasteiger partial charge in [-0.05, 0) is 48.5 Å². The zero-order valence-corrected chi connectivity index (χ0v) is 19.0. The Kier molecular flexibility index (Phi) is 7.97. The number of hydrogen-bond acceptors (Lipinski definition) is 5. The van der Waals surface area contributed by atoms with E-state index in [1.54, 1.807) is 48.5 Å². The molecule has 0 saturated carbocycles. The lowest BCUT2D eigenvalue weighted by atomic mass is 10.3. The number of hydrogen-bond donors (Lipinski definition) is 1. The predicted molar refractivity (Wildman–Crippen MR) is 125 cm³/mol. The maximum absolute atomic E-state index is 12.3. The molecular formula is C23H23ClN2O5S. The molecule has 9 heteroatoms. The van der Waals surface area contributed by atoms with Crippen molar-refractivity contribution in [2.75, 3.05) is 30.3 Å². The fourth-order valence-electron chi connectivity index (χ4n) is 2.80. The summed E-state index contributed by atoms with van der Waals surface area (Å²) in [5.41, 5.74) is 0.357. The van der Waals surface area contributed by atoms with Gasteiger partial charge in [0.05, 0.1) is 23.5 Å². The molecule has 3 aromatic carbocycles. The van der Waals surface area contributed by atoms with Gasteiger partial charge in [0.25, 0.3) is 0 Å². The number of nitrogens with one attached hydrogen (secondary N) is 1. The van der Waals surface area contributed by atoms with E-state index in [9.17, 15) is 13.2 Å². The number of sulfonamides is 1. The van der Waals surface area contributed by atoms with Crippen LogP contribution in [0.1, 0.15) is 0 Å². The minimum Gasteiger partial charge on any atom is -0.490 e. The summed E-state index contributed by atoms with van der Waals surface area (Å²) in [4.78, 5) is 12.3. The number of halogens is 1. The van der Waals surface area contributed by atoms with Crippen molar-refractivity contribution < 1.29 is 22.7 Å². The fourth-order valence-corrected chi connectivity index (χ4v) is 3.85.